The summed E-state index contributed by atoms with van der Waals surface area (Å²) in [5.41, 5.74) is 0.830. The molecule has 20 heavy (non-hydrogen) atoms. The Kier molecular flexibility index (Phi) is 4.24. The van der Waals surface area contributed by atoms with Crippen LogP contribution in [0.3, 0.4) is 0 Å². The minimum atomic E-state index is 0.329. The smallest absolute Gasteiger partial charge is 0.169 e. The zero-order valence-electron chi connectivity index (χ0n) is 10.6. The number of carbonyl (C=O) groups is 1. The fourth-order valence-corrected chi connectivity index (χ4v) is 1.80. The third-order valence-corrected chi connectivity index (χ3v) is 2.85. The lowest BCUT2D eigenvalue weighted by molar-refractivity contribution is 0.112. The van der Waals surface area contributed by atoms with Gasteiger partial charge in [-0.1, -0.05) is 11.6 Å². The topological polar surface area (TPSA) is 59.3 Å². The van der Waals surface area contributed by atoms with E-state index in [0.29, 0.717) is 39.7 Å². The van der Waals surface area contributed by atoms with E-state index in [1.807, 2.05) is 6.07 Å². The first-order chi connectivity index (χ1) is 9.67. The van der Waals surface area contributed by atoms with Crippen LogP contribution in [0.4, 0.5) is 0 Å². The van der Waals surface area contributed by atoms with Gasteiger partial charge in [-0.3, -0.25) is 4.79 Å². The van der Waals surface area contributed by atoms with Crippen LogP contribution in [0.25, 0.3) is 0 Å². The molecule has 0 fully saturated rings. The first kappa shape index (κ1) is 13.9. The molecule has 0 aliphatic rings. The maximum Gasteiger partial charge on any atom is 0.169 e. The zero-order chi connectivity index (χ0) is 14.5. The van der Waals surface area contributed by atoms with E-state index in [0.717, 1.165) is 0 Å². The fraction of sp³-hybridized carbons (Fsp3) is 0.0667. The van der Waals surface area contributed by atoms with Gasteiger partial charge < -0.3 is 9.47 Å². The third-order valence-electron chi connectivity index (χ3n) is 2.62. The normalized spacial score (nSPS) is 9.65. The van der Waals surface area contributed by atoms with Crippen molar-refractivity contribution in [2.45, 2.75) is 0 Å². The first-order valence-electron chi connectivity index (χ1n) is 5.68. The molecule has 0 spiro atoms. The van der Waals surface area contributed by atoms with Gasteiger partial charge in [-0.05, 0) is 24.3 Å². The van der Waals surface area contributed by atoms with Gasteiger partial charge in [0.2, 0.25) is 0 Å². The van der Waals surface area contributed by atoms with E-state index in [-0.39, 0.29) is 0 Å². The number of benzene rings is 2. The van der Waals surface area contributed by atoms with Crippen LogP contribution in [-0.2, 0) is 0 Å². The molecule has 0 radical (unpaired) electrons. The lowest BCUT2D eigenvalue weighted by atomic mass is 10.2. The molecule has 0 saturated carbocycles. The summed E-state index contributed by atoms with van der Waals surface area (Å²) in [5, 5.41) is 9.30. The van der Waals surface area contributed by atoms with Gasteiger partial charge in [0, 0.05) is 17.2 Å². The molecule has 0 atom stereocenters. The SMILES string of the molecule is COc1cc(C#N)ccc1Oc1cc(Cl)ccc1C=O. The highest BCUT2D eigenvalue weighted by Gasteiger charge is 2.10. The Hall–Kier alpha value is -2.51. The minimum Gasteiger partial charge on any atom is -0.493 e. The molecule has 2 aromatic rings. The Labute approximate surface area is 121 Å². The lowest BCUT2D eigenvalue weighted by Crippen LogP contribution is -1.94. The second-order valence-electron chi connectivity index (χ2n) is 3.88. The largest absolute Gasteiger partial charge is 0.493 e. The molecule has 0 N–H and O–H groups in total. The zero-order valence-corrected chi connectivity index (χ0v) is 11.3. The third kappa shape index (κ3) is 2.90. The summed E-state index contributed by atoms with van der Waals surface area (Å²) in [4.78, 5) is 11.0. The molecule has 100 valence electrons. The van der Waals surface area contributed by atoms with Crippen LogP contribution in [-0.4, -0.2) is 13.4 Å². The predicted octanol–water partition coefficient (Wildman–Crippen LogP) is 3.83. The van der Waals surface area contributed by atoms with Gasteiger partial charge in [-0.25, -0.2) is 0 Å². The number of methoxy groups -OCH3 is 1. The van der Waals surface area contributed by atoms with E-state index in [4.69, 9.17) is 26.3 Å². The van der Waals surface area contributed by atoms with Crippen LogP contribution in [0, 0.1) is 11.3 Å². The molecule has 2 aromatic carbocycles. The standard InChI is InChI=1S/C15H10ClNO3/c1-19-15-6-10(8-17)2-5-13(15)20-14-7-12(16)4-3-11(14)9-18/h2-7,9H,1H3. The molecule has 0 aliphatic heterocycles. The van der Waals surface area contributed by atoms with Crippen LogP contribution in [0.5, 0.6) is 17.2 Å². The summed E-state index contributed by atoms with van der Waals surface area (Å²) >= 11 is 5.89. The Balaban J connectivity index is 2.42. The highest BCUT2D eigenvalue weighted by atomic mass is 35.5. The molecular weight excluding hydrogens is 278 g/mol. The molecule has 0 amide bonds. The second-order valence-corrected chi connectivity index (χ2v) is 4.32. The molecule has 0 bridgehead atoms. The molecule has 5 heteroatoms. The molecule has 0 unspecified atom stereocenters. The van der Waals surface area contributed by atoms with Gasteiger partial charge >= 0.3 is 0 Å². The Morgan fingerprint density at radius 2 is 1.95 bits per heavy atom. The number of ether oxygens (including phenoxy) is 2. The summed E-state index contributed by atoms with van der Waals surface area (Å²) in [5.74, 6) is 1.13. The molecule has 4 nitrogen and oxygen atoms in total. The van der Waals surface area contributed by atoms with E-state index < -0.39 is 0 Å². The number of nitriles is 1. The van der Waals surface area contributed by atoms with Gasteiger partial charge in [0.05, 0.1) is 24.3 Å². The molecule has 0 heterocycles. The number of aldehydes is 1. The van der Waals surface area contributed by atoms with E-state index in [1.165, 1.54) is 7.11 Å². The van der Waals surface area contributed by atoms with Gasteiger partial charge in [-0.15, -0.1) is 0 Å². The summed E-state index contributed by atoms with van der Waals surface area (Å²) in [7, 11) is 1.47. The number of rotatable bonds is 4. The van der Waals surface area contributed by atoms with Crippen LogP contribution < -0.4 is 9.47 Å². The van der Waals surface area contributed by atoms with E-state index in [2.05, 4.69) is 0 Å². The van der Waals surface area contributed by atoms with E-state index in [1.54, 1.807) is 36.4 Å². The summed E-state index contributed by atoms with van der Waals surface area (Å²) in [6.45, 7) is 0. The van der Waals surface area contributed by atoms with Crippen LogP contribution in [0.15, 0.2) is 36.4 Å². The monoisotopic (exact) mass is 287 g/mol. The quantitative estimate of drug-likeness (QED) is 0.802. The molecule has 0 aromatic heterocycles. The van der Waals surface area contributed by atoms with Crippen molar-refractivity contribution in [1.29, 1.82) is 5.26 Å². The van der Waals surface area contributed by atoms with Crippen molar-refractivity contribution in [3.05, 3.63) is 52.5 Å². The van der Waals surface area contributed by atoms with Gasteiger partial charge in [-0.2, -0.15) is 5.26 Å². The summed E-state index contributed by atoms with van der Waals surface area (Å²) in [6, 6.07) is 11.5. The van der Waals surface area contributed by atoms with Crippen molar-refractivity contribution < 1.29 is 14.3 Å². The number of nitrogens with zero attached hydrogens (tertiary/aromatic N) is 1. The van der Waals surface area contributed by atoms with Crippen molar-refractivity contribution >= 4 is 17.9 Å². The number of hydrogen-bond donors (Lipinski definition) is 0. The highest BCUT2D eigenvalue weighted by Crippen LogP contribution is 2.34. The van der Waals surface area contributed by atoms with Crippen LogP contribution >= 0.6 is 11.6 Å². The lowest BCUT2D eigenvalue weighted by Gasteiger charge is -2.12. The second kappa shape index (κ2) is 6.09. The highest BCUT2D eigenvalue weighted by molar-refractivity contribution is 6.30. The molecular formula is C15H10ClNO3. The fourth-order valence-electron chi connectivity index (χ4n) is 1.63. The maximum atomic E-state index is 11.0. The Morgan fingerprint density at radius 1 is 1.15 bits per heavy atom. The van der Waals surface area contributed by atoms with Gasteiger partial charge in [0.25, 0.3) is 0 Å². The number of halogens is 1. The Morgan fingerprint density at radius 3 is 2.60 bits per heavy atom. The van der Waals surface area contributed by atoms with Crippen molar-refractivity contribution in [2.24, 2.45) is 0 Å². The molecule has 0 aliphatic carbocycles. The predicted molar refractivity (Wildman–Crippen MR) is 74.6 cm³/mol. The van der Waals surface area contributed by atoms with Gasteiger partial charge in [0.15, 0.2) is 17.8 Å². The van der Waals surface area contributed by atoms with E-state index in [9.17, 15) is 4.79 Å². The average Bonchev–Trinajstić information content (AvgIpc) is 2.48. The first-order valence-corrected chi connectivity index (χ1v) is 6.06. The number of carbonyl (C=O) groups excluding carboxylic acids is 1. The summed E-state index contributed by atoms with van der Waals surface area (Å²) < 4.78 is 10.8. The average molecular weight is 288 g/mol. The summed E-state index contributed by atoms with van der Waals surface area (Å²) in [6.07, 6.45) is 0.682. The van der Waals surface area contributed by atoms with Crippen LogP contribution in [0.1, 0.15) is 15.9 Å². The van der Waals surface area contributed by atoms with Crippen molar-refractivity contribution in [3.63, 3.8) is 0 Å². The van der Waals surface area contributed by atoms with E-state index >= 15 is 0 Å². The Bertz CT molecular complexity index is 692. The number of hydrogen-bond acceptors (Lipinski definition) is 4. The molecule has 2 rings (SSSR count). The van der Waals surface area contributed by atoms with Crippen molar-refractivity contribution in [1.82, 2.24) is 0 Å². The van der Waals surface area contributed by atoms with Crippen molar-refractivity contribution in [3.8, 4) is 23.3 Å². The molecule has 0 saturated heterocycles. The van der Waals surface area contributed by atoms with Crippen molar-refractivity contribution in [2.75, 3.05) is 7.11 Å². The van der Waals surface area contributed by atoms with Gasteiger partial charge in [0.1, 0.15) is 5.75 Å². The maximum absolute atomic E-state index is 11.0. The van der Waals surface area contributed by atoms with Crippen LogP contribution in [0.2, 0.25) is 5.02 Å². The minimum absolute atomic E-state index is 0.329.